The Balaban J connectivity index is 1.69. The molecule has 5 aromatic rings. The van der Waals surface area contributed by atoms with Crippen molar-refractivity contribution in [3.05, 3.63) is 96.0 Å². The molecule has 0 spiro atoms. The summed E-state index contributed by atoms with van der Waals surface area (Å²) in [6, 6.07) is 31.0. The first kappa shape index (κ1) is 15.2. The third-order valence-corrected chi connectivity index (χ3v) is 5.09. The van der Waals surface area contributed by atoms with Crippen LogP contribution >= 0.6 is 11.6 Å². The van der Waals surface area contributed by atoms with Gasteiger partial charge in [0.1, 0.15) is 11.2 Å². The molecule has 1 nitrogen and oxygen atoms in total. The SMILES string of the molecule is Clc1ccc(-c2ccc(-c3ccccc3)cc2)c2oc3ccccc3c12. The van der Waals surface area contributed by atoms with Crippen LogP contribution < -0.4 is 0 Å². The molecule has 0 unspecified atom stereocenters. The van der Waals surface area contributed by atoms with Gasteiger partial charge >= 0.3 is 0 Å². The van der Waals surface area contributed by atoms with Crippen molar-refractivity contribution in [1.29, 1.82) is 0 Å². The van der Waals surface area contributed by atoms with Gasteiger partial charge in [-0.25, -0.2) is 0 Å². The molecular weight excluding hydrogens is 340 g/mol. The van der Waals surface area contributed by atoms with E-state index in [4.69, 9.17) is 16.0 Å². The number of benzene rings is 4. The van der Waals surface area contributed by atoms with Crippen LogP contribution in [0.2, 0.25) is 5.02 Å². The molecule has 0 saturated heterocycles. The lowest BCUT2D eigenvalue weighted by Gasteiger charge is -2.06. The average molecular weight is 355 g/mol. The number of fused-ring (bicyclic) bond motifs is 3. The fraction of sp³-hybridized carbons (Fsp3) is 0. The maximum absolute atomic E-state index is 6.48. The van der Waals surface area contributed by atoms with E-state index in [0.29, 0.717) is 0 Å². The van der Waals surface area contributed by atoms with Gasteiger partial charge in [-0.1, -0.05) is 84.4 Å². The Morgan fingerprint density at radius 3 is 2.04 bits per heavy atom. The van der Waals surface area contributed by atoms with Gasteiger partial charge in [-0.2, -0.15) is 0 Å². The first-order valence-electron chi connectivity index (χ1n) is 8.57. The van der Waals surface area contributed by atoms with Crippen LogP contribution in [0.1, 0.15) is 0 Å². The molecule has 1 aromatic heterocycles. The monoisotopic (exact) mass is 354 g/mol. The van der Waals surface area contributed by atoms with E-state index in [9.17, 15) is 0 Å². The maximum atomic E-state index is 6.48. The molecule has 124 valence electrons. The van der Waals surface area contributed by atoms with Gasteiger partial charge in [-0.15, -0.1) is 0 Å². The molecule has 0 fully saturated rings. The van der Waals surface area contributed by atoms with E-state index in [0.717, 1.165) is 38.1 Å². The molecule has 0 aliphatic heterocycles. The summed E-state index contributed by atoms with van der Waals surface area (Å²) in [5.41, 5.74) is 6.28. The molecule has 0 atom stereocenters. The number of rotatable bonds is 2. The molecule has 0 aliphatic carbocycles. The molecule has 1 heterocycles. The highest BCUT2D eigenvalue weighted by Crippen LogP contribution is 2.40. The zero-order chi connectivity index (χ0) is 17.5. The first-order chi connectivity index (χ1) is 12.8. The standard InChI is InChI=1S/C24H15ClO/c25-21-15-14-19(24-23(21)20-8-4-5-9-22(20)26-24)18-12-10-17(11-13-18)16-6-2-1-3-7-16/h1-15H. The van der Waals surface area contributed by atoms with Crippen molar-refractivity contribution < 1.29 is 4.42 Å². The van der Waals surface area contributed by atoms with E-state index in [1.807, 2.05) is 36.4 Å². The van der Waals surface area contributed by atoms with Gasteiger partial charge < -0.3 is 4.42 Å². The summed E-state index contributed by atoms with van der Waals surface area (Å²) in [5.74, 6) is 0. The molecule has 4 aromatic carbocycles. The van der Waals surface area contributed by atoms with E-state index in [1.165, 1.54) is 11.1 Å². The summed E-state index contributed by atoms with van der Waals surface area (Å²) in [6.07, 6.45) is 0. The number of halogens is 1. The predicted octanol–water partition coefficient (Wildman–Crippen LogP) is 7.57. The molecule has 0 N–H and O–H groups in total. The molecule has 0 amide bonds. The molecule has 0 radical (unpaired) electrons. The van der Waals surface area contributed by atoms with Gasteiger partial charge in [0.15, 0.2) is 0 Å². The molecule has 0 aliphatic rings. The number of hydrogen-bond acceptors (Lipinski definition) is 1. The van der Waals surface area contributed by atoms with Crippen LogP contribution in [0.3, 0.4) is 0 Å². The van der Waals surface area contributed by atoms with Crippen molar-refractivity contribution in [3.63, 3.8) is 0 Å². The smallest absolute Gasteiger partial charge is 0.144 e. The van der Waals surface area contributed by atoms with Crippen molar-refractivity contribution in [2.75, 3.05) is 0 Å². The predicted molar refractivity (Wildman–Crippen MR) is 110 cm³/mol. The third-order valence-electron chi connectivity index (χ3n) is 4.78. The summed E-state index contributed by atoms with van der Waals surface area (Å²) in [7, 11) is 0. The second kappa shape index (κ2) is 6.05. The highest BCUT2D eigenvalue weighted by molar-refractivity contribution is 6.38. The van der Waals surface area contributed by atoms with E-state index >= 15 is 0 Å². The van der Waals surface area contributed by atoms with Gasteiger partial charge in [0, 0.05) is 16.3 Å². The third kappa shape index (κ3) is 2.40. The van der Waals surface area contributed by atoms with E-state index < -0.39 is 0 Å². The lowest BCUT2D eigenvalue weighted by molar-refractivity contribution is 0.670. The fourth-order valence-corrected chi connectivity index (χ4v) is 3.74. The Bertz CT molecular complexity index is 1220. The van der Waals surface area contributed by atoms with Gasteiger partial charge in [0.25, 0.3) is 0 Å². The van der Waals surface area contributed by atoms with Crippen LogP contribution in [0.15, 0.2) is 95.4 Å². The zero-order valence-corrected chi connectivity index (χ0v) is 14.7. The van der Waals surface area contributed by atoms with Crippen molar-refractivity contribution in [1.82, 2.24) is 0 Å². The van der Waals surface area contributed by atoms with Gasteiger partial charge in [0.05, 0.1) is 5.02 Å². The second-order valence-corrected chi connectivity index (χ2v) is 6.75. The number of hydrogen-bond donors (Lipinski definition) is 0. The van der Waals surface area contributed by atoms with E-state index in [-0.39, 0.29) is 0 Å². The lowest BCUT2D eigenvalue weighted by atomic mass is 9.99. The van der Waals surface area contributed by atoms with Gasteiger partial charge in [-0.05, 0) is 34.9 Å². The largest absolute Gasteiger partial charge is 0.455 e. The number of furan rings is 1. The summed E-state index contributed by atoms with van der Waals surface area (Å²) >= 11 is 6.48. The van der Waals surface area contributed by atoms with Crippen LogP contribution in [0.5, 0.6) is 0 Å². The van der Waals surface area contributed by atoms with E-state index in [1.54, 1.807) is 0 Å². The second-order valence-electron chi connectivity index (χ2n) is 6.34. The molecule has 26 heavy (non-hydrogen) atoms. The molecule has 2 heteroatoms. The Hall–Kier alpha value is -3.03. The fourth-order valence-electron chi connectivity index (χ4n) is 3.49. The average Bonchev–Trinajstić information content (AvgIpc) is 3.09. The minimum absolute atomic E-state index is 0.717. The van der Waals surface area contributed by atoms with Crippen molar-refractivity contribution in [3.8, 4) is 22.3 Å². The lowest BCUT2D eigenvalue weighted by Crippen LogP contribution is -1.82. The zero-order valence-electron chi connectivity index (χ0n) is 13.9. The minimum atomic E-state index is 0.717. The van der Waals surface area contributed by atoms with Crippen molar-refractivity contribution in [2.45, 2.75) is 0 Å². The Labute approximate surface area is 156 Å². The maximum Gasteiger partial charge on any atom is 0.144 e. The number of para-hydroxylation sites is 1. The Kier molecular flexibility index (Phi) is 3.55. The van der Waals surface area contributed by atoms with Crippen LogP contribution in [-0.4, -0.2) is 0 Å². The molecule has 0 saturated carbocycles. The highest BCUT2D eigenvalue weighted by Gasteiger charge is 2.15. The van der Waals surface area contributed by atoms with Crippen LogP contribution in [-0.2, 0) is 0 Å². The summed E-state index contributed by atoms with van der Waals surface area (Å²) < 4.78 is 6.15. The normalized spacial score (nSPS) is 11.3. The molecule has 5 rings (SSSR count). The summed E-state index contributed by atoms with van der Waals surface area (Å²) in [4.78, 5) is 0. The minimum Gasteiger partial charge on any atom is -0.455 e. The van der Waals surface area contributed by atoms with Gasteiger partial charge in [-0.3, -0.25) is 0 Å². The molecular formula is C24H15ClO. The molecule has 0 bridgehead atoms. The van der Waals surface area contributed by atoms with Crippen LogP contribution in [0, 0.1) is 0 Å². The van der Waals surface area contributed by atoms with Gasteiger partial charge in [0.2, 0.25) is 0 Å². The summed E-state index contributed by atoms with van der Waals surface area (Å²) in [5, 5.41) is 2.75. The Morgan fingerprint density at radius 2 is 1.23 bits per heavy atom. The first-order valence-corrected chi connectivity index (χ1v) is 8.95. The Morgan fingerprint density at radius 1 is 0.577 bits per heavy atom. The van der Waals surface area contributed by atoms with Crippen LogP contribution in [0.25, 0.3) is 44.2 Å². The van der Waals surface area contributed by atoms with E-state index in [2.05, 4.69) is 54.6 Å². The summed E-state index contributed by atoms with van der Waals surface area (Å²) in [6.45, 7) is 0. The van der Waals surface area contributed by atoms with Crippen LogP contribution in [0.4, 0.5) is 0 Å². The highest BCUT2D eigenvalue weighted by atomic mass is 35.5. The quantitative estimate of drug-likeness (QED) is 0.318. The van der Waals surface area contributed by atoms with Crippen molar-refractivity contribution in [2.24, 2.45) is 0 Å². The van der Waals surface area contributed by atoms with Crippen molar-refractivity contribution >= 4 is 33.5 Å². The topological polar surface area (TPSA) is 13.1 Å².